The smallest absolute Gasteiger partial charge is 0.498 e. The highest BCUT2D eigenvalue weighted by atomic mass is 16.7. The summed E-state index contributed by atoms with van der Waals surface area (Å²) in [4.78, 5) is 27.2. The van der Waals surface area contributed by atoms with Gasteiger partial charge < -0.3 is 33.3 Å². The SMILES string of the molecule is C=C(CCC(OCCCCCCCC)OCCCCCCCC)OCC(COC(=O)CCCCCCC/C=C\C/C=C\CCCCC)COC(=O)OCCCN(C)CC. The number of carbonyl (C=O) groups excluding carboxylic acids is 2. The minimum atomic E-state index is -0.725. The molecule has 59 heavy (non-hydrogen) atoms. The Morgan fingerprint density at radius 1 is 0.542 bits per heavy atom. The average molecular weight is 836 g/mol. The number of carbonyl (C=O) groups is 2. The van der Waals surface area contributed by atoms with Crippen LogP contribution < -0.4 is 0 Å². The molecule has 1 unspecified atom stereocenters. The Kier molecular flexibility index (Phi) is 43.4. The van der Waals surface area contributed by atoms with E-state index in [1.54, 1.807) is 0 Å². The molecule has 0 saturated carbocycles. The fraction of sp³-hybridized carbons (Fsp3) is 0.840. The molecular formula is C50H93NO8. The number of allylic oxidation sites excluding steroid dienone is 5. The van der Waals surface area contributed by atoms with E-state index in [1.807, 2.05) is 7.05 Å². The summed E-state index contributed by atoms with van der Waals surface area (Å²) in [5, 5.41) is 0. The summed E-state index contributed by atoms with van der Waals surface area (Å²) in [5.41, 5.74) is 0. The first-order chi connectivity index (χ1) is 28.9. The molecule has 0 aliphatic carbocycles. The van der Waals surface area contributed by atoms with Gasteiger partial charge in [0.2, 0.25) is 0 Å². The summed E-state index contributed by atoms with van der Waals surface area (Å²) in [6.45, 7) is 16.7. The molecule has 346 valence electrons. The van der Waals surface area contributed by atoms with E-state index < -0.39 is 6.16 Å². The van der Waals surface area contributed by atoms with E-state index in [0.29, 0.717) is 38.2 Å². The zero-order valence-corrected chi connectivity index (χ0v) is 39.1. The average Bonchev–Trinajstić information content (AvgIpc) is 3.24. The van der Waals surface area contributed by atoms with Crippen molar-refractivity contribution in [3.63, 3.8) is 0 Å². The fourth-order valence-corrected chi connectivity index (χ4v) is 6.38. The van der Waals surface area contributed by atoms with Crippen LogP contribution in [0, 0.1) is 5.92 Å². The molecule has 0 rings (SSSR count). The standard InChI is InChI=1S/C50H93NO8/c1-7-11-14-17-20-21-22-23-24-25-26-27-28-29-32-36-48(52)58-44-47(45-59-50(53)56-42-35-39-51(6)10-4)43-57-46(5)37-38-49(54-40-33-30-18-15-12-8-2)55-41-34-31-19-16-13-9-3/h20-21,23-24,47,49H,5,7-19,22,25-45H2,1-4,6H3/b21-20-,24-23-. The fourth-order valence-electron chi connectivity index (χ4n) is 6.38. The molecule has 0 aliphatic rings. The minimum absolute atomic E-state index is 0.0172. The van der Waals surface area contributed by atoms with E-state index in [1.165, 1.54) is 96.3 Å². The predicted molar refractivity (Wildman–Crippen MR) is 246 cm³/mol. The van der Waals surface area contributed by atoms with Crippen LogP contribution in [0.4, 0.5) is 4.79 Å². The van der Waals surface area contributed by atoms with Crippen LogP contribution in [0.15, 0.2) is 36.6 Å². The van der Waals surface area contributed by atoms with Crippen LogP contribution in [0.2, 0.25) is 0 Å². The monoisotopic (exact) mass is 836 g/mol. The zero-order chi connectivity index (χ0) is 43.3. The Bertz CT molecular complexity index is 983. The van der Waals surface area contributed by atoms with E-state index in [0.717, 1.165) is 70.9 Å². The second-order valence-corrected chi connectivity index (χ2v) is 16.3. The van der Waals surface area contributed by atoms with Crippen LogP contribution in [0.25, 0.3) is 0 Å². The molecule has 0 spiro atoms. The topological polar surface area (TPSA) is 92.8 Å². The Balaban J connectivity index is 4.80. The van der Waals surface area contributed by atoms with Crippen molar-refractivity contribution in [2.24, 2.45) is 5.92 Å². The van der Waals surface area contributed by atoms with Crippen molar-refractivity contribution in [2.75, 3.05) is 59.8 Å². The Morgan fingerprint density at radius 3 is 1.66 bits per heavy atom. The molecule has 0 amide bonds. The van der Waals surface area contributed by atoms with Gasteiger partial charge in [0, 0.05) is 39.0 Å². The largest absolute Gasteiger partial charge is 0.508 e. The van der Waals surface area contributed by atoms with Crippen molar-refractivity contribution in [2.45, 2.75) is 207 Å². The summed E-state index contributed by atoms with van der Waals surface area (Å²) in [6.07, 6.45) is 37.4. The van der Waals surface area contributed by atoms with E-state index in [2.05, 4.69) is 63.5 Å². The molecule has 0 bridgehead atoms. The van der Waals surface area contributed by atoms with Gasteiger partial charge in [0.15, 0.2) is 6.29 Å². The number of hydrogen-bond donors (Lipinski definition) is 0. The Hall–Kier alpha value is -2.36. The molecule has 0 aliphatic heterocycles. The Morgan fingerprint density at radius 2 is 1.05 bits per heavy atom. The van der Waals surface area contributed by atoms with Gasteiger partial charge in [0.1, 0.15) is 13.2 Å². The maximum Gasteiger partial charge on any atom is 0.508 e. The van der Waals surface area contributed by atoms with Gasteiger partial charge in [-0.15, -0.1) is 0 Å². The lowest BCUT2D eigenvalue weighted by molar-refractivity contribution is -0.148. The third-order valence-electron chi connectivity index (χ3n) is 10.5. The molecule has 0 radical (unpaired) electrons. The lowest BCUT2D eigenvalue weighted by atomic mass is 10.1. The molecule has 0 N–H and O–H groups in total. The summed E-state index contributed by atoms with van der Waals surface area (Å²) in [7, 11) is 2.03. The first kappa shape index (κ1) is 56.6. The second-order valence-electron chi connectivity index (χ2n) is 16.3. The number of ether oxygens (including phenoxy) is 6. The number of esters is 1. The number of rotatable bonds is 45. The number of nitrogens with zero attached hydrogens (tertiary/aromatic N) is 1. The van der Waals surface area contributed by atoms with Gasteiger partial charge in [-0.25, -0.2) is 4.79 Å². The van der Waals surface area contributed by atoms with E-state index >= 15 is 0 Å². The highest BCUT2D eigenvalue weighted by Gasteiger charge is 2.18. The molecule has 0 fully saturated rings. The van der Waals surface area contributed by atoms with Gasteiger partial charge in [-0.2, -0.15) is 0 Å². The van der Waals surface area contributed by atoms with E-state index in [-0.39, 0.29) is 44.6 Å². The van der Waals surface area contributed by atoms with Crippen molar-refractivity contribution in [1.29, 1.82) is 0 Å². The van der Waals surface area contributed by atoms with Crippen LogP contribution in [0.5, 0.6) is 0 Å². The van der Waals surface area contributed by atoms with Crippen LogP contribution in [-0.2, 0) is 33.2 Å². The highest BCUT2D eigenvalue weighted by molar-refractivity contribution is 5.69. The molecule has 9 nitrogen and oxygen atoms in total. The summed E-state index contributed by atoms with van der Waals surface area (Å²) in [5.74, 6) is 0.00296. The van der Waals surface area contributed by atoms with Crippen molar-refractivity contribution in [3.05, 3.63) is 36.6 Å². The third-order valence-corrected chi connectivity index (χ3v) is 10.5. The van der Waals surface area contributed by atoms with Crippen LogP contribution in [-0.4, -0.2) is 83.1 Å². The van der Waals surface area contributed by atoms with Gasteiger partial charge in [0.25, 0.3) is 0 Å². The molecule has 0 aromatic carbocycles. The van der Waals surface area contributed by atoms with Gasteiger partial charge in [-0.3, -0.25) is 4.79 Å². The van der Waals surface area contributed by atoms with E-state index in [4.69, 9.17) is 28.4 Å². The highest BCUT2D eigenvalue weighted by Crippen LogP contribution is 2.16. The Labute approximate surface area is 363 Å². The molecule has 1 atom stereocenters. The maximum absolute atomic E-state index is 12.7. The van der Waals surface area contributed by atoms with Crippen molar-refractivity contribution < 1.29 is 38.0 Å². The minimum Gasteiger partial charge on any atom is -0.498 e. The zero-order valence-electron chi connectivity index (χ0n) is 39.1. The summed E-state index contributed by atoms with van der Waals surface area (Å²) >= 11 is 0. The molecule has 0 aromatic rings. The van der Waals surface area contributed by atoms with Crippen molar-refractivity contribution in [1.82, 2.24) is 4.90 Å². The lowest BCUT2D eigenvalue weighted by Crippen LogP contribution is -2.26. The van der Waals surface area contributed by atoms with E-state index in [9.17, 15) is 9.59 Å². The normalized spacial score (nSPS) is 12.3. The molecular weight excluding hydrogens is 743 g/mol. The van der Waals surface area contributed by atoms with Crippen LogP contribution >= 0.6 is 0 Å². The molecule has 0 heterocycles. The predicted octanol–water partition coefficient (Wildman–Crippen LogP) is 13.8. The lowest BCUT2D eigenvalue weighted by Gasteiger charge is -2.21. The van der Waals surface area contributed by atoms with Crippen LogP contribution in [0.3, 0.4) is 0 Å². The first-order valence-electron chi connectivity index (χ1n) is 24.3. The van der Waals surface area contributed by atoms with Gasteiger partial charge >= 0.3 is 12.1 Å². The first-order valence-corrected chi connectivity index (χ1v) is 24.3. The quantitative estimate of drug-likeness (QED) is 0.0195. The molecule has 0 aromatic heterocycles. The van der Waals surface area contributed by atoms with Crippen molar-refractivity contribution >= 4 is 12.1 Å². The summed E-state index contributed by atoms with van der Waals surface area (Å²) < 4.78 is 34.8. The van der Waals surface area contributed by atoms with Gasteiger partial charge in [0.05, 0.1) is 24.9 Å². The van der Waals surface area contributed by atoms with Crippen molar-refractivity contribution in [3.8, 4) is 0 Å². The number of unbranched alkanes of at least 4 members (excludes halogenated alkanes) is 18. The summed E-state index contributed by atoms with van der Waals surface area (Å²) in [6, 6.07) is 0. The third kappa shape index (κ3) is 42.1. The maximum atomic E-state index is 12.7. The second kappa shape index (κ2) is 45.2. The molecule has 0 saturated heterocycles. The van der Waals surface area contributed by atoms with Crippen LogP contribution in [0.1, 0.15) is 201 Å². The van der Waals surface area contributed by atoms with Gasteiger partial charge in [-0.1, -0.05) is 155 Å². The number of hydrogen-bond acceptors (Lipinski definition) is 9. The van der Waals surface area contributed by atoms with Gasteiger partial charge in [-0.05, 0) is 71.4 Å². The molecule has 9 heteroatoms.